The van der Waals surface area contributed by atoms with Crippen molar-refractivity contribution in [3.63, 3.8) is 0 Å². The molecule has 0 bridgehead atoms. The topological polar surface area (TPSA) is 26.3 Å². The number of alkyl halides is 6. The van der Waals surface area contributed by atoms with Gasteiger partial charge in [-0.05, 0) is 25.2 Å². The van der Waals surface area contributed by atoms with E-state index >= 15 is 0 Å². The molecule has 0 saturated heterocycles. The molecule has 1 atom stereocenters. The van der Waals surface area contributed by atoms with Crippen molar-refractivity contribution in [1.29, 1.82) is 0 Å². The summed E-state index contributed by atoms with van der Waals surface area (Å²) in [7, 11) is 0. The zero-order valence-electron chi connectivity index (χ0n) is 13.3. The van der Waals surface area contributed by atoms with Crippen LogP contribution in [0.4, 0.5) is 26.3 Å². The molecule has 0 amide bonds. The molecule has 0 aromatic heterocycles. The molecule has 0 rings (SSSR count). The Morgan fingerprint density at radius 1 is 0.955 bits per heavy atom. The Morgan fingerprint density at radius 2 is 1.36 bits per heavy atom. The quantitative estimate of drug-likeness (QED) is 0.505. The number of carbonyl (C=O) groups is 1. The molecule has 0 aliphatic rings. The lowest BCUT2D eigenvalue weighted by atomic mass is 9.72. The first-order chi connectivity index (χ1) is 9.53. The van der Waals surface area contributed by atoms with Gasteiger partial charge in [-0.2, -0.15) is 26.3 Å². The highest BCUT2D eigenvalue weighted by atomic mass is 19.4. The lowest BCUT2D eigenvalue weighted by molar-refractivity contribution is -0.315. The maximum absolute atomic E-state index is 12.5. The predicted octanol–water partition coefficient (Wildman–Crippen LogP) is 5.27. The highest BCUT2D eigenvalue weighted by Crippen LogP contribution is 2.42. The van der Waals surface area contributed by atoms with Crippen molar-refractivity contribution in [3.8, 4) is 0 Å². The van der Waals surface area contributed by atoms with E-state index in [2.05, 4.69) is 4.74 Å². The first kappa shape index (κ1) is 21.0. The minimum atomic E-state index is -5.69. The average molecular weight is 336 g/mol. The van der Waals surface area contributed by atoms with Crippen LogP contribution in [0, 0.1) is 10.8 Å². The van der Waals surface area contributed by atoms with E-state index in [0.29, 0.717) is 6.42 Å². The van der Waals surface area contributed by atoms with Crippen molar-refractivity contribution in [2.24, 2.45) is 10.8 Å². The molecule has 8 heteroatoms. The Morgan fingerprint density at radius 3 is 1.64 bits per heavy atom. The van der Waals surface area contributed by atoms with Crippen molar-refractivity contribution in [3.05, 3.63) is 0 Å². The van der Waals surface area contributed by atoms with Gasteiger partial charge in [0.1, 0.15) is 0 Å². The normalized spacial score (nSPS) is 16.5. The molecule has 0 N–H and O–H groups in total. The molecule has 0 aliphatic carbocycles. The number of halogens is 6. The van der Waals surface area contributed by atoms with E-state index in [1.54, 1.807) is 27.7 Å². The second-order valence-electron chi connectivity index (χ2n) is 6.92. The van der Waals surface area contributed by atoms with Gasteiger partial charge in [-0.1, -0.05) is 34.1 Å². The van der Waals surface area contributed by atoms with Crippen LogP contribution in [0.5, 0.6) is 0 Å². The predicted molar refractivity (Wildman–Crippen MR) is 69.1 cm³/mol. The van der Waals surface area contributed by atoms with Crippen LogP contribution in [0.25, 0.3) is 0 Å². The van der Waals surface area contributed by atoms with E-state index in [9.17, 15) is 31.1 Å². The third-order valence-electron chi connectivity index (χ3n) is 3.03. The van der Waals surface area contributed by atoms with Crippen LogP contribution < -0.4 is 0 Å². The molecule has 22 heavy (non-hydrogen) atoms. The van der Waals surface area contributed by atoms with Gasteiger partial charge in [-0.15, -0.1) is 0 Å². The Kier molecular flexibility index (Phi) is 6.37. The van der Waals surface area contributed by atoms with Crippen LogP contribution in [0.3, 0.4) is 0 Å². The monoisotopic (exact) mass is 336 g/mol. The number of hydrogen-bond donors (Lipinski definition) is 0. The third kappa shape index (κ3) is 6.44. The van der Waals surface area contributed by atoms with Gasteiger partial charge >= 0.3 is 18.3 Å². The van der Waals surface area contributed by atoms with E-state index in [-0.39, 0.29) is 12.8 Å². The summed E-state index contributed by atoms with van der Waals surface area (Å²) in [4.78, 5) is 12.0. The summed E-state index contributed by atoms with van der Waals surface area (Å²) in [6, 6.07) is 0. The second-order valence-corrected chi connectivity index (χ2v) is 6.92. The number of hydrogen-bond acceptors (Lipinski definition) is 2. The fraction of sp³-hybridized carbons (Fsp3) is 0.929. The molecule has 0 aromatic carbocycles. The van der Waals surface area contributed by atoms with Gasteiger partial charge in [-0.25, -0.2) is 0 Å². The summed E-state index contributed by atoms with van der Waals surface area (Å²) in [5.41, 5.74) is -1.85. The van der Waals surface area contributed by atoms with Crippen LogP contribution in [0.15, 0.2) is 0 Å². The van der Waals surface area contributed by atoms with Crippen molar-refractivity contribution < 1.29 is 35.9 Å². The smallest absolute Gasteiger partial charge is 0.434 e. The number of carbonyl (C=O) groups excluding carboxylic acids is 1. The molecule has 132 valence electrons. The maximum atomic E-state index is 12.5. The molecular weight excluding hydrogens is 314 g/mol. The van der Waals surface area contributed by atoms with E-state index in [4.69, 9.17) is 0 Å². The Hall–Kier alpha value is -0.950. The summed E-state index contributed by atoms with van der Waals surface area (Å²) < 4.78 is 78.8. The summed E-state index contributed by atoms with van der Waals surface area (Å²) in [5.74, 6) is -1.47. The van der Waals surface area contributed by atoms with Crippen LogP contribution in [-0.2, 0) is 9.53 Å². The van der Waals surface area contributed by atoms with E-state index in [1.165, 1.54) is 6.92 Å². The lowest BCUT2D eigenvalue weighted by Gasteiger charge is -2.35. The first-order valence-corrected chi connectivity index (χ1v) is 6.87. The largest absolute Gasteiger partial charge is 0.442 e. The Labute approximate surface area is 126 Å². The first-order valence-electron chi connectivity index (χ1n) is 6.87. The molecule has 0 spiro atoms. The molecule has 0 radical (unpaired) electrons. The van der Waals surface area contributed by atoms with Gasteiger partial charge in [0, 0.05) is 0 Å². The summed E-state index contributed by atoms with van der Waals surface area (Å²) >= 11 is 0. The van der Waals surface area contributed by atoms with Gasteiger partial charge in [0.2, 0.25) is 0 Å². The standard InChI is InChI=1S/C14H22F6O2/c1-6-7-12(5,8-11(2,3)4)10(21)22-9(13(15,16)17)14(18,19)20/h9H,6-8H2,1-5H3. The highest BCUT2D eigenvalue weighted by molar-refractivity contribution is 5.76. The van der Waals surface area contributed by atoms with Gasteiger partial charge in [0.25, 0.3) is 6.10 Å². The second kappa shape index (κ2) is 6.66. The van der Waals surface area contributed by atoms with E-state index < -0.39 is 35.3 Å². The van der Waals surface area contributed by atoms with Crippen LogP contribution in [0.2, 0.25) is 0 Å². The van der Waals surface area contributed by atoms with Crippen molar-refractivity contribution in [1.82, 2.24) is 0 Å². The molecule has 1 unspecified atom stereocenters. The van der Waals surface area contributed by atoms with Crippen molar-refractivity contribution in [2.75, 3.05) is 0 Å². The van der Waals surface area contributed by atoms with E-state index in [1.807, 2.05) is 0 Å². The Bertz CT molecular complexity index is 366. The molecular formula is C14H22F6O2. The van der Waals surface area contributed by atoms with Gasteiger partial charge in [0.15, 0.2) is 0 Å². The molecule has 0 saturated carbocycles. The minimum Gasteiger partial charge on any atom is -0.442 e. The fourth-order valence-corrected chi connectivity index (χ4v) is 2.55. The number of rotatable bonds is 5. The van der Waals surface area contributed by atoms with Crippen molar-refractivity contribution >= 4 is 5.97 Å². The molecule has 0 aliphatic heterocycles. The van der Waals surface area contributed by atoms with Crippen molar-refractivity contribution in [2.45, 2.75) is 72.3 Å². The minimum absolute atomic E-state index is 0.120. The molecule has 0 fully saturated rings. The van der Waals surface area contributed by atoms with Crippen LogP contribution >= 0.6 is 0 Å². The van der Waals surface area contributed by atoms with Gasteiger partial charge < -0.3 is 4.74 Å². The zero-order chi connectivity index (χ0) is 18.0. The maximum Gasteiger partial charge on any atom is 0.434 e. The zero-order valence-corrected chi connectivity index (χ0v) is 13.3. The van der Waals surface area contributed by atoms with Gasteiger partial charge in [0.05, 0.1) is 5.41 Å². The van der Waals surface area contributed by atoms with Crippen LogP contribution in [0.1, 0.15) is 53.9 Å². The lowest BCUT2D eigenvalue weighted by Crippen LogP contribution is -2.48. The molecule has 0 aromatic rings. The fourth-order valence-electron chi connectivity index (χ4n) is 2.55. The summed E-state index contributed by atoms with van der Waals surface area (Å²) in [5, 5.41) is 0. The Balaban J connectivity index is 5.41. The van der Waals surface area contributed by atoms with E-state index in [0.717, 1.165) is 0 Å². The average Bonchev–Trinajstić information content (AvgIpc) is 2.19. The number of ether oxygens (including phenoxy) is 1. The summed E-state index contributed by atoms with van der Waals surface area (Å²) in [6.45, 7) is 8.28. The SMILES string of the molecule is CCCC(C)(CC(C)(C)C)C(=O)OC(C(F)(F)F)C(F)(F)F. The molecule has 2 nitrogen and oxygen atoms in total. The van der Waals surface area contributed by atoms with Crippen LogP contribution in [-0.4, -0.2) is 24.4 Å². The molecule has 0 heterocycles. The highest BCUT2D eigenvalue weighted by Gasteiger charge is 2.60. The summed E-state index contributed by atoms with van der Waals surface area (Å²) in [6.07, 6.45) is -14.8. The third-order valence-corrected chi connectivity index (χ3v) is 3.03. The van der Waals surface area contributed by atoms with Gasteiger partial charge in [-0.3, -0.25) is 4.79 Å². The number of esters is 1.